The summed E-state index contributed by atoms with van der Waals surface area (Å²) in [5, 5.41) is 2.87. The molecule has 5 rings (SSSR count). The van der Waals surface area contributed by atoms with Gasteiger partial charge in [0.25, 0.3) is 0 Å². The van der Waals surface area contributed by atoms with Crippen LogP contribution in [-0.4, -0.2) is 37.7 Å². The zero-order valence-corrected chi connectivity index (χ0v) is 17.6. The Hall–Kier alpha value is -3.50. The summed E-state index contributed by atoms with van der Waals surface area (Å²) in [7, 11) is 0. The maximum Gasteiger partial charge on any atom is 0.420 e. The third-order valence-corrected chi connectivity index (χ3v) is 5.80. The van der Waals surface area contributed by atoms with Crippen LogP contribution in [0, 0.1) is 0 Å². The fourth-order valence-electron chi connectivity index (χ4n) is 3.82. The number of carbonyl (C=O) groups is 1. The van der Waals surface area contributed by atoms with Gasteiger partial charge in [0.2, 0.25) is 5.78 Å². The van der Waals surface area contributed by atoms with Crippen LogP contribution in [-0.2, 0) is 6.18 Å². The smallest absolute Gasteiger partial charge is 0.420 e. The predicted octanol–water partition coefficient (Wildman–Crippen LogP) is 4.68. The first-order chi connectivity index (χ1) is 15.8. The molecule has 0 aliphatic carbocycles. The molecule has 5 heterocycles. The highest BCUT2D eigenvalue weighted by molar-refractivity contribution is 6.33. The van der Waals surface area contributed by atoms with Gasteiger partial charge >= 0.3 is 6.18 Å². The lowest BCUT2D eigenvalue weighted by Crippen LogP contribution is -2.40. The van der Waals surface area contributed by atoms with Crippen molar-refractivity contribution in [2.45, 2.75) is 18.6 Å². The molecule has 0 aromatic carbocycles. The third kappa shape index (κ3) is 3.91. The van der Waals surface area contributed by atoms with Crippen LogP contribution >= 0.6 is 11.6 Å². The minimum absolute atomic E-state index is 0.188. The lowest BCUT2D eigenvalue weighted by atomic mass is 9.94. The number of alkyl halides is 3. The van der Waals surface area contributed by atoms with Crippen LogP contribution in [0.4, 0.5) is 13.2 Å². The molecule has 0 radical (unpaired) electrons. The second kappa shape index (κ2) is 8.13. The molecule has 33 heavy (non-hydrogen) atoms. The second-order valence-electron chi connectivity index (χ2n) is 7.48. The van der Waals surface area contributed by atoms with Gasteiger partial charge < -0.3 is 9.73 Å². The van der Waals surface area contributed by atoms with Crippen LogP contribution < -0.4 is 5.32 Å². The number of rotatable bonds is 4. The van der Waals surface area contributed by atoms with Crippen LogP contribution in [0.5, 0.6) is 0 Å². The number of Topliss-reactive ketones (excluding diaryl/α,β-unsaturated/α-hetero) is 1. The molecular formula is C22H15ClF3N5O2. The highest BCUT2D eigenvalue weighted by atomic mass is 35.5. The Balaban J connectivity index is 1.55. The highest BCUT2D eigenvalue weighted by Gasteiger charge is 2.37. The number of hydrogen-bond donors (Lipinski definition) is 1. The van der Waals surface area contributed by atoms with E-state index in [0.717, 1.165) is 21.6 Å². The van der Waals surface area contributed by atoms with Gasteiger partial charge in [-0.2, -0.15) is 13.2 Å². The maximum absolute atomic E-state index is 13.8. The van der Waals surface area contributed by atoms with E-state index in [1.54, 1.807) is 12.4 Å². The average molecular weight is 474 g/mol. The van der Waals surface area contributed by atoms with Crippen LogP contribution in [0.1, 0.15) is 28.0 Å². The molecule has 1 atom stereocenters. The largest absolute Gasteiger partial charge is 0.472 e. The Bertz CT molecular complexity index is 1360. The lowest BCUT2D eigenvalue weighted by Gasteiger charge is -2.22. The van der Waals surface area contributed by atoms with Gasteiger partial charge in [-0.3, -0.25) is 9.20 Å². The number of halogens is 4. The standard InChI is InChI=1S/C22H15ClF3N5O2/c23-20-18(19(32)17-6-12(1-3-29-17)15-7-27-11-28-8-15)30-21-16(22(24,25)26)5-14(9-31(20)21)13-2-4-33-10-13/h1-2,4-5,7-11,17,29H,3,6H2. The number of nitrogens with one attached hydrogen (secondary N) is 1. The van der Waals surface area contributed by atoms with E-state index in [0.29, 0.717) is 18.5 Å². The molecule has 0 saturated carbocycles. The van der Waals surface area contributed by atoms with Crippen molar-refractivity contribution in [3.8, 4) is 11.1 Å². The van der Waals surface area contributed by atoms with Gasteiger partial charge in [-0.15, -0.1) is 0 Å². The van der Waals surface area contributed by atoms with Gasteiger partial charge in [0.05, 0.1) is 24.1 Å². The van der Waals surface area contributed by atoms with E-state index in [-0.39, 0.29) is 16.4 Å². The number of pyridine rings is 1. The van der Waals surface area contributed by atoms with E-state index in [1.807, 2.05) is 6.08 Å². The van der Waals surface area contributed by atoms with Crippen LogP contribution in [0.25, 0.3) is 22.3 Å². The van der Waals surface area contributed by atoms with E-state index in [4.69, 9.17) is 16.0 Å². The molecule has 7 nitrogen and oxygen atoms in total. The van der Waals surface area contributed by atoms with Gasteiger partial charge in [0.15, 0.2) is 5.65 Å². The van der Waals surface area contributed by atoms with Crippen LogP contribution in [0.15, 0.2) is 60.1 Å². The van der Waals surface area contributed by atoms with Gasteiger partial charge in [-0.1, -0.05) is 17.7 Å². The van der Waals surface area contributed by atoms with E-state index >= 15 is 0 Å². The van der Waals surface area contributed by atoms with E-state index in [2.05, 4.69) is 20.3 Å². The normalized spacial score (nSPS) is 16.7. The van der Waals surface area contributed by atoms with Gasteiger partial charge in [0.1, 0.15) is 17.2 Å². The summed E-state index contributed by atoms with van der Waals surface area (Å²) in [6, 6.07) is 1.79. The average Bonchev–Trinajstić information content (AvgIpc) is 3.47. The quantitative estimate of drug-likeness (QED) is 0.433. The molecule has 1 aliphatic rings. The van der Waals surface area contributed by atoms with Crippen molar-refractivity contribution in [3.05, 3.63) is 77.6 Å². The molecule has 11 heteroatoms. The summed E-state index contributed by atoms with van der Waals surface area (Å²) >= 11 is 6.41. The van der Waals surface area contributed by atoms with Crippen LogP contribution in [0.3, 0.4) is 0 Å². The minimum Gasteiger partial charge on any atom is -0.472 e. The Morgan fingerprint density at radius 2 is 2.00 bits per heavy atom. The Kier molecular flexibility index (Phi) is 5.26. The maximum atomic E-state index is 13.8. The molecule has 0 spiro atoms. The van der Waals surface area contributed by atoms with Gasteiger partial charge in [-0.05, 0) is 24.1 Å². The van der Waals surface area contributed by atoms with Crippen molar-refractivity contribution in [3.63, 3.8) is 0 Å². The van der Waals surface area contributed by atoms with Crippen molar-refractivity contribution >= 4 is 28.6 Å². The van der Waals surface area contributed by atoms with Crippen molar-refractivity contribution in [1.29, 1.82) is 0 Å². The number of imidazole rings is 1. The molecule has 0 saturated heterocycles. The van der Waals surface area contributed by atoms with Crippen LogP contribution in [0.2, 0.25) is 5.15 Å². The first kappa shape index (κ1) is 21.4. The molecule has 168 valence electrons. The summed E-state index contributed by atoms with van der Waals surface area (Å²) < 4.78 is 47.6. The predicted molar refractivity (Wildman–Crippen MR) is 114 cm³/mol. The zero-order chi connectivity index (χ0) is 23.2. The molecule has 4 aromatic heterocycles. The number of carbonyl (C=O) groups excluding carboxylic acids is 1. The number of aromatic nitrogens is 4. The SMILES string of the molecule is O=C(c1nc2c(C(F)(F)F)cc(-c3ccoc3)cn2c1Cl)C1CC(c2cncnc2)=CCN1. The number of furan rings is 1. The first-order valence-corrected chi connectivity index (χ1v) is 10.2. The number of fused-ring (bicyclic) bond motifs is 1. The Labute approximate surface area is 189 Å². The van der Waals surface area contributed by atoms with E-state index in [1.165, 1.54) is 31.1 Å². The fraction of sp³-hybridized carbons (Fsp3) is 0.182. The monoisotopic (exact) mass is 473 g/mol. The van der Waals surface area contributed by atoms with Gasteiger partial charge in [-0.25, -0.2) is 15.0 Å². The van der Waals surface area contributed by atoms with Crippen molar-refractivity contribution in [1.82, 2.24) is 24.7 Å². The minimum atomic E-state index is -4.71. The summed E-state index contributed by atoms with van der Waals surface area (Å²) in [6.45, 7) is 0.393. The molecule has 0 bridgehead atoms. The Morgan fingerprint density at radius 3 is 2.70 bits per heavy atom. The molecule has 1 N–H and O–H groups in total. The molecular weight excluding hydrogens is 459 g/mol. The molecule has 0 amide bonds. The summed E-state index contributed by atoms with van der Waals surface area (Å²) in [5.41, 5.74) is 0.620. The molecule has 1 aliphatic heterocycles. The zero-order valence-electron chi connectivity index (χ0n) is 16.8. The number of nitrogens with zero attached hydrogens (tertiary/aromatic N) is 4. The lowest BCUT2D eigenvalue weighted by molar-refractivity contribution is -0.136. The number of hydrogen-bond acceptors (Lipinski definition) is 6. The second-order valence-corrected chi connectivity index (χ2v) is 7.84. The third-order valence-electron chi connectivity index (χ3n) is 5.44. The number of ketones is 1. The highest BCUT2D eigenvalue weighted by Crippen LogP contribution is 2.37. The topological polar surface area (TPSA) is 85.3 Å². The molecule has 0 fully saturated rings. The fourth-order valence-corrected chi connectivity index (χ4v) is 4.08. The van der Waals surface area contributed by atoms with E-state index < -0.39 is 29.2 Å². The van der Waals surface area contributed by atoms with Crippen molar-refractivity contribution < 1.29 is 22.4 Å². The van der Waals surface area contributed by atoms with Crippen molar-refractivity contribution in [2.75, 3.05) is 6.54 Å². The summed E-state index contributed by atoms with van der Waals surface area (Å²) in [5.74, 6) is -0.496. The first-order valence-electron chi connectivity index (χ1n) is 9.86. The molecule has 4 aromatic rings. The van der Waals surface area contributed by atoms with Crippen molar-refractivity contribution in [2.24, 2.45) is 0 Å². The summed E-state index contributed by atoms with van der Waals surface area (Å²) in [6.07, 6.45) is 6.26. The van der Waals surface area contributed by atoms with Gasteiger partial charge in [0, 0.05) is 41.8 Å². The summed E-state index contributed by atoms with van der Waals surface area (Å²) in [4.78, 5) is 25.3. The molecule has 1 unspecified atom stereocenters. The Morgan fingerprint density at radius 1 is 1.21 bits per heavy atom. The van der Waals surface area contributed by atoms with E-state index in [9.17, 15) is 18.0 Å².